The van der Waals surface area contributed by atoms with Crippen LogP contribution in [-0.4, -0.2) is 34.1 Å². The van der Waals surface area contributed by atoms with E-state index in [4.69, 9.17) is 9.47 Å². The molecule has 0 radical (unpaired) electrons. The molecule has 0 unspecified atom stereocenters. The lowest BCUT2D eigenvalue weighted by Crippen LogP contribution is -2.26. The van der Waals surface area contributed by atoms with Gasteiger partial charge in [-0.25, -0.2) is 13.1 Å². The normalized spacial score (nSPS) is 13.9. The van der Waals surface area contributed by atoms with Crippen LogP contribution in [0.25, 0.3) is 0 Å². The van der Waals surface area contributed by atoms with E-state index in [1.807, 2.05) is 19.1 Å². The summed E-state index contributed by atoms with van der Waals surface area (Å²) >= 11 is 0. The average molecular weight is 390 g/mol. The van der Waals surface area contributed by atoms with Crippen LogP contribution in [-0.2, 0) is 14.8 Å². The van der Waals surface area contributed by atoms with Crippen LogP contribution in [0.1, 0.15) is 18.4 Å². The van der Waals surface area contributed by atoms with Crippen LogP contribution >= 0.6 is 0 Å². The Morgan fingerprint density at radius 1 is 1.15 bits per heavy atom. The van der Waals surface area contributed by atoms with Gasteiger partial charge in [0.2, 0.25) is 10.0 Å². The topological polar surface area (TPSA) is 93.7 Å². The number of carbonyl (C=O) groups excluding carboxylic acids is 1. The smallest absolute Gasteiger partial charge is 0.262 e. The maximum atomic E-state index is 12.3. The summed E-state index contributed by atoms with van der Waals surface area (Å²) in [6.07, 6.45) is 1.71. The lowest BCUT2D eigenvalue weighted by Gasteiger charge is -2.12. The molecule has 2 aromatic carbocycles. The highest BCUT2D eigenvalue weighted by molar-refractivity contribution is 7.89. The van der Waals surface area contributed by atoms with Gasteiger partial charge in [-0.2, -0.15) is 0 Å². The number of hydrogen-bond acceptors (Lipinski definition) is 5. The molecule has 1 aliphatic rings. The van der Waals surface area contributed by atoms with Gasteiger partial charge in [0.05, 0.1) is 12.0 Å². The fraction of sp³-hybridized carbons (Fsp3) is 0.316. The molecular formula is C19H22N2O5S. The quantitative estimate of drug-likeness (QED) is 0.722. The van der Waals surface area contributed by atoms with E-state index < -0.39 is 15.9 Å². The van der Waals surface area contributed by atoms with E-state index in [1.54, 1.807) is 18.2 Å². The summed E-state index contributed by atoms with van der Waals surface area (Å²) in [5, 5.41) is 2.65. The van der Waals surface area contributed by atoms with Crippen molar-refractivity contribution in [2.75, 3.05) is 19.0 Å². The summed E-state index contributed by atoms with van der Waals surface area (Å²) in [5.41, 5.74) is 1.40. The molecule has 1 aliphatic carbocycles. The summed E-state index contributed by atoms with van der Waals surface area (Å²) in [6, 6.07) is 11.6. The van der Waals surface area contributed by atoms with Gasteiger partial charge in [0.15, 0.2) is 18.1 Å². The number of nitrogens with one attached hydrogen (secondary N) is 2. The van der Waals surface area contributed by atoms with Crippen LogP contribution in [0.4, 0.5) is 5.69 Å². The minimum Gasteiger partial charge on any atom is -0.493 e. The maximum Gasteiger partial charge on any atom is 0.262 e. The van der Waals surface area contributed by atoms with Crippen molar-refractivity contribution < 1.29 is 22.7 Å². The lowest BCUT2D eigenvalue weighted by molar-refractivity contribution is -0.118. The molecule has 144 valence electrons. The summed E-state index contributed by atoms with van der Waals surface area (Å²) in [4.78, 5) is 12.3. The van der Waals surface area contributed by atoms with Gasteiger partial charge in [0, 0.05) is 11.7 Å². The molecule has 0 spiro atoms. The van der Waals surface area contributed by atoms with Crippen LogP contribution < -0.4 is 19.5 Å². The standard InChI is InChI=1S/C19H22N2O5S/c1-13-6-9-17(18(10-13)25-2)26-12-19(22)20-15-4-3-5-16(11-15)27(23,24)21-14-7-8-14/h3-6,9-11,14,21H,7-8,12H2,1-2H3,(H,20,22). The summed E-state index contributed by atoms with van der Waals surface area (Å²) < 4.78 is 37.9. The molecule has 0 aromatic heterocycles. The highest BCUT2D eigenvalue weighted by Gasteiger charge is 2.28. The third-order valence-electron chi connectivity index (χ3n) is 4.01. The number of benzene rings is 2. The second kappa shape index (κ2) is 7.98. The first-order valence-corrected chi connectivity index (χ1v) is 10.1. The van der Waals surface area contributed by atoms with E-state index in [0.717, 1.165) is 18.4 Å². The number of hydrogen-bond donors (Lipinski definition) is 2. The molecule has 0 bridgehead atoms. The van der Waals surface area contributed by atoms with Gasteiger partial charge in [-0.05, 0) is 55.7 Å². The van der Waals surface area contributed by atoms with Crippen molar-refractivity contribution >= 4 is 21.6 Å². The lowest BCUT2D eigenvalue weighted by atomic mass is 10.2. The number of carbonyl (C=O) groups is 1. The van der Waals surface area contributed by atoms with Crippen LogP contribution in [0.3, 0.4) is 0 Å². The number of aryl methyl sites for hydroxylation is 1. The number of rotatable bonds is 8. The Morgan fingerprint density at radius 2 is 1.93 bits per heavy atom. The van der Waals surface area contributed by atoms with Gasteiger partial charge < -0.3 is 14.8 Å². The molecule has 27 heavy (non-hydrogen) atoms. The van der Waals surface area contributed by atoms with Crippen LogP contribution in [0.5, 0.6) is 11.5 Å². The van der Waals surface area contributed by atoms with Crippen molar-refractivity contribution in [3.63, 3.8) is 0 Å². The zero-order valence-electron chi connectivity index (χ0n) is 15.2. The van der Waals surface area contributed by atoms with E-state index in [1.165, 1.54) is 19.2 Å². The second-order valence-electron chi connectivity index (χ2n) is 6.41. The Kier molecular flexibility index (Phi) is 5.67. The van der Waals surface area contributed by atoms with Gasteiger partial charge in [-0.15, -0.1) is 0 Å². The zero-order chi connectivity index (χ0) is 19.4. The molecule has 1 fully saturated rings. The Morgan fingerprint density at radius 3 is 2.63 bits per heavy atom. The zero-order valence-corrected chi connectivity index (χ0v) is 16.0. The van der Waals surface area contributed by atoms with E-state index in [0.29, 0.717) is 17.2 Å². The third-order valence-corrected chi connectivity index (χ3v) is 5.52. The van der Waals surface area contributed by atoms with Crippen molar-refractivity contribution in [1.29, 1.82) is 0 Å². The van der Waals surface area contributed by atoms with Gasteiger partial charge in [-0.1, -0.05) is 12.1 Å². The highest BCUT2D eigenvalue weighted by Crippen LogP contribution is 2.28. The SMILES string of the molecule is COc1cc(C)ccc1OCC(=O)Nc1cccc(S(=O)(=O)NC2CC2)c1. The molecule has 0 saturated heterocycles. The van der Waals surface area contributed by atoms with Crippen LogP contribution in [0.2, 0.25) is 0 Å². The maximum absolute atomic E-state index is 12.3. The van der Waals surface area contributed by atoms with Gasteiger partial charge in [-0.3, -0.25) is 4.79 Å². The first kappa shape index (κ1) is 19.2. The molecule has 0 heterocycles. The Labute approximate surface area is 158 Å². The fourth-order valence-corrected chi connectivity index (χ4v) is 3.81. The largest absolute Gasteiger partial charge is 0.493 e. The first-order valence-electron chi connectivity index (χ1n) is 8.57. The monoisotopic (exact) mass is 390 g/mol. The minimum atomic E-state index is -3.57. The molecule has 2 aromatic rings. The van der Waals surface area contributed by atoms with Crippen LogP contribution in [0, 0.1) is 6.92 Å². The Bertz CT molecular complexity index is 939. The number of sulfonamides is 1. The molecule has 8 heteroatoms. The number of amides is 1. The van der Waals surface area contributed by atoms with Crippen molar-refractivity contribution in [3.8, 4) is 11.5 Å². The van der Waals surface area contributed by atoms with E-state index in [9.17, 15) is 13.2 Å². The summed E-state index contributed by atoms with van der Waals surface area (Å²) in [6.45, 7) is 1.70. The molecule has 3 rings (SSSR count). The Balaban J connectivity index is 1.62. The van der Waals surface area contributed by atoms with Gasteiger partial charge >= 0.3 is 0 Å². The van der Waals surface area contributed by atoms with Crippen molar-refractivity contribution in [2.45, 2.75) is 30.7 Å². The van der Waals surface area contributed by atoms with Crippen LogP contribution in [0.15, 0.2) is 47.4 Å². The molecule has 1 saturated carbocycles. The molecule has 1 amide bonds. The van der Waals surface area contributed by atoms with E-state index >= 15 is 0 Å². The molecule has 0 atom stereocenters. The summed E-state index contributed by atoms with van der Waals surface area (Å²) in [5.74, 6) is 0.604. The molecule has 2 N–H and O–H groups in total. The minimum absolute atomic E-state index is 0.0196. The van der Waals surface area contributed by atoms with Gasteiger partial charge in [0.25, 0.3) is 5.91 Å². The van der Waals surface area contributed by atoms with Crippen molar-refractivity contribution in [2.24, 2.45) is 0 Å². The number of anilines is 1. The van der Waals surface area contributed by atoms with Gasteiger partial charge in [0.1, 0.15) is 0 Å². The van der Waals surface area contributed by atoms with E-state index in [2.05, 4.69) is 10.0 Å². The fourth-order valence-electron chi connectivity index (χ4n) is 2.46. The predicted octanol–water partition coefficient (Wildman–Crippen LogP) is 2.46. The molecule has 7 nitrogen and oxygen atoms in total. The number of methoxy groups -OCH3 is 1. The predicted molar refractivity (Wildman–Crippen MR) is 102 cm³/mol. The Hall–Kier alpha value is -2.58. The molecular weight excluding hydrogens is 368 g/mol. The second-order valence-corrected chi connectivity index (χ2v) is 8.13. The summed E-state index contributed by atoms with van der Waals surface area (Å²) in [7, 11) is -2.04. The molecule has 0 aliphatic heterocycles. The third kappa shape index (κ3) is 5.21. The van der Waals surface area contributed by atoms with E-state index in [-0.39, 0.29) is 17.5 Å². The highest BCUT2D eigenvalue weighted by atomic mass is 32.2. The van der Waals surface area contributed by atoms with Crippen molar-refractivity contribution in [3.05, 3.63) is 48.0 Å². The number of ether oxygens (including phenoxy) is 2. The van der Waals surface area contributed by atoms with Crippen molar-refractivity contribution in [1.82, 2.24) is 4.72 Å². The average Bonchev–Trinajstić information content (AvgIpc) is 3.44. The first-order chi connectivity index (χ1) is 12.9.